The van der Waals surface area contributed by atoms with Gasteiger partial charge in [-0.2, -0.15) is 0 Å². The summed E-state index contributed by atoms with van der Waals surface area (Å²) >= 11 is 0. The van der Waals surface area contributed by atoms with Crippen LogP contribution in [0.25, 0.3) is 0 Å². The van der Waals surface area contributed by atoms with E-state index in [4.69, 9.17) is 9.47 Å². The predicted molar refractivity (Wildman–Crippen MR) is 242 cm³/mol. The molecule has 0 radical (unpaired) electrons. The number of aliphatic hydroxyl groups excluding tert-OH is 1. The second kappa shape index (κ2) is 23.6. The fourth-order valence-corrected chi connectivity index (χ4v) is 7.67. The Morgan fingerprint density at radius 2 is 1.48 bits per heavy atom. The first kappa shape index (κ1) is 48.2. The van der Waals surface area contributed by atoms with Gasteiger partial charge in [-0.1, -0.05) is 72.8 Å². The van der Waals surface area contributed by atoms with Crippen molar-refractivity contribution >= 4 is 39.3 Å². The lowest BCUT2D eigenvalue weighted by Crippen LogP contribution is -2.50. The molecule has 1 aliphatic rings. The van der Waals surface area contributed by atoms with Gasteiger partial charge in [-0.15, -0.1) is 0 Å². The van der Waals surface area contributed by atoms with Crippen LogP contribution in [0, 0.1) is 0 Å². The summed E-state index contributed by atoms with van der Waals surface area (Å²) < 4.78 is 37.1. The predicted octanol–water partition coefficient (Wildman–Crippen LogP) is 3.93. The molecule has 16 heteroatoms. The molecule has 0 aliphatic carbocycles. The molecular formula is C47H60N6O9S. The van der Waals surface area contributed by atoms with Crippen LogP contribution in [0.4, 0.5) is 5.69 Å². The van der Waals surface area contributed by atoms with E-state index in [9.17, 15) is 32.7 Å². The number of ether oxygens (including phenoxy) is 2. The Morgan fingerprint density at radius 3 is 2.13 bits per heavy atom. The Morgan fingerprint density at radius 1 is 0.841 bits per heavy atom. The number of amides is 4. The van der Waals surface area contributed by atoms with Gasteiger partial charge in [0.05, 0.1) is 50.5 Å². The van der Waals surface area contributed by atoms with Crippen LogP contribution in [0.1, 0.15) is 69.6 Å². The Hall–Kier alpha value is -5.81. The van der Waals surface area contributed by atoms with Crippen LogP contribution in [0.3, 0.4) is 0 Å². The molecule has 63 heavy (non-hydrogen) atoms. The van der Waals surface area contributed by atoms with E-state index in [1.165, 1.54) is 30.1 Å². The van der Waals surface area contributed by atoms with Gasteiger partial charge in [-0.25, -0.2) is 8.42 Å². The van der Waals surface area contributed by atoms with Crippen molar-refractivity contribution in [3.8, 4) is 5.75 Å². The summed E-state index contributed by atoms with van der Waals surface area (Å²) in [5.41, 5.74) is 2.52. The number of benzene rings is 4. The van der Waals surface area contributed by atoms with E-state index in [1.807, 2.05) is 73.7 Å². The zero-order valence-electron chi connectivity index (χ0n) is 36.5. The average Bonchev–Trinajstić information content (AvgIpc) is 3.28. The summed E-state index contributed by atoms with van der Waals surface area (Å²) in [5, 5.41) is 20.8. The first-order valence-electron chi connectivity index (χ1n) is 21.1. The number of nitrogens with one attached hydrogen (secondary N) is 3. The van der Waals surface area contributed by atoms with E-state index in [1.54, 1.807) is 25.3 Å². The molecule has 4 N–H and O–H groups in total. The first-order valence-corrected chi connectivity index (χ1v) is 23.0. The summed E-state index contributed by atoms with van der Waals surface area (Å²) in [6.45, 7) is 5.95. The highest BCUT2D eigenvalue weighted by Gasteiger charge is 2.28. The van der Waals surface area contributed by atoms with E-state index < -0.39 is 40.0 Å². The third kappa shape index (κ3) is 15.2. The fraction of sp³-hybridized carbons (Fsp3) is 0.404. The Bertz CT molecular complexity index is 2240. The fourth-order valence-electron chi connectivity index (χ4n) is 7.18. The molecule has 1 saturated heterocycles. The van der Waals surface area contributed by atoms with Crippen LogP contribution >= 0.6 is 0 Å². The van der Waals surface area contributed by atoms with E-state index in [-0.39, 0.29) is 67.4 Å². The van der Waals surface area contributed by atoms with Gasteiger partial charge in [0, 0.05) is 70.3 Å². The highest BCUT2D eigenvalue weighted by Crippen LogP contribution is 2.23. The normalized spacial score (nSPS) is 14.4. The van der Waals surface area contributed by atoms with Gasteiger partial charge in [0.2, 0.25) is 21.8 Å². The number of carbonyl (C=O) groups excluding carboxylic acids is 4. The molecule has 4 amide bonds. The molecule has 15 nitrogen and oxygen atoms in total. The first-order chi connectivity index (χ1) is 30.2. The molecule has 1 fully saturated rings. The van der Waals surface area contributed by atoms with E-state index in [2.05, 4.69) is 20.9 Å². The number of carbonyl (C=O) groups is 4. The third-order valence-electron chi connectivity index (χ3n) is 10.9. The minimum atomic E-state index is -3.80. The Kier molecular flexibility index (Phi) is 18.1. The summed E-state index contributed by atoms with van der Waals surface area (Å²) in [6, 6.07) is 28.6. The van der Waals surface area contributed by atoms with Crippen LogP contribution in [-0.4, -0.2) is 125 Å². The number of methoxy groups -OCH3 is 1. The lowest BCUT2D eigenvalue weighted by atomic mass is 9.99. The van der Waals surface area contributed by atoms with Crippen LogP contribution < -0.4 is 25.0 Å². The van der Waals surface area contributed by atoms with Crippen molar-refractivity contribution < 1.29 is 42.2 Å². The van der Waals surface area contributed by atoms with Crippen molar-refractivity contribution in [2.75, 3.05) is 70.7 Å². The van der Waals surface area contributed by atoms with Crippen molar-refractivity contribution in [2.45, 2.75) is 57.3 Å². The van der Waals surface area contributed by atoms with Crippen molar-refractivity contribution in [1.29, 1.82) is 0 Å². The van der Waals surface area contributed by atoms with Gasteiger partial charge in [0.1, 0.15) is 5.75 Å². The molecule has 0 bridgehead atoms. The van der Waals surface area contributed by atoms with Crippen molar-refractivity contribution in [3.05, 3.63) is 131 Å². The number of hydrogen-bond acceptors (Lipinski definition) is 10. The molecule has 5 rings (SSSR count). The molecule has 1 heterocycles. The topological polar surface area (TPSA) is 187 Å². The molecule has 3 atom stereocenters. The average molecular weight is 885 g/mol. The minimum absolute atomic E-state index is 0.0155. The summed E-state index contributed by atoms with van der Waals surface area (Å²) in [5.74, 6) is -1.05. The SMILES string of the molecule is COc1cccc(CN(C[C@@H](O)[C@H](Cc2ccccc2)NC(=O)c2cc(C(=O)N[C@H](C)c3ccccc3)cc(N(C)S(C)(=O)=O)c2)C(=O)CCCC(=O)NCCN2CCOCC2)c1. The van der Waals surface area contributed by atoms with Crippen LogP contribution in [0.5, 0.6) is 5.75 Å². The number of anilines is 1. The second-order valence-corrected chi connectivity index (χ2v) is 17.7. The van der Waals surface area contributed by atoms with Gasteiger partial charge in [-0.3, -0.25) is 28.4 Å². The van der Waals surface area contributed by atoms with Crippen LogP contribution in [0.2, 0.25) is 0 Å². The minimum Gasteiger partial charge on any atom is -0.497 e. The molecular weight excluding hydrogens is 825 g/mol. The Balaban J connectivity index is 1.36. The summed E-state index contributed by atoms with van der Waals surface area (Å²) in [4.78, 5) is 58.4. The van der Waals surface area contributed by atoms with Gasteiger partial charge in [0.25, 0.3) is 11.8 Å². The summed E-state index contributed by atoms with van der Waals surface area (Å²) in [6.07, 6.45) is 0.362. The number of aliphatic hydroxyl groups is 1. The summed E-state index contributed by atoms with van der Waals surface area (Å²) in [7, 11) is -0.925. The Labute approximate surface area is 370 Å². The zero-order chi connectivity index (χ0) is 45.4. The quantitative estimate of drug-likeness (QED) is 0.0902. The van der Waals surface area contributed by atoms with Crippen molar-refractivity contribution in [1.82, 2.24) is 25.8 Å². The molecule has 0 spiro atoms. The second-order valence-electron chi connectivity index (χ2n) is 15.7. The van der Waals surface area contributed by atoms with Crippen LogP contribution in [-0.2, 0) is 37.3 Å². The lowest BCUT2D eigenvalue weighted by Gasteiger charge is -2.31. The highest BCUT2D eigenvalue weighted by atomic mass is 32.2. The number of morpholine rings is 1. The number of sulfonamides is 1. The number of nitrogens with zero attached hydrogens (tertiary/aromatic N) is 3. The third-order valence-corrected chi connectivity index (χ3v) is 12.2. The van der Waals surface area contributed by atoms with Gasteiger partial charge in [-0.05, 0) is 66.8 Å². The van der Waals surface area contributed by atoms with Gasteiger partial charge in [0.15, 0.2) is 0 Å². The molecule has 4 aromatic rings. The highest BCUT2D eigenvalue weighted by molar-refractivity contribution is 7.92. The van der Waals surface area contributed by atoms with Crippen LogP contribution in [0.15, 0.2) is 103 Å². The van der Waals surface area contributed by atoms with E-state index in [0.29, 0.717) is 32.1 Å². The number of hydrogen-bond donors (Lipinski definition) is 4. The largest absolute Gasteiger partial charge is 0.497 e. The number of rotatable bonds is 22. The molecule has 0 unspecified atom stereocenters. The maximum Gasteiger partial charge on any atom is 0.251 e. The standard InChI is InChI=1S/C47H60N6O9S/c1-34(37-16-9-6-10-17-37)49-46(57)38-29-39(31-40(30-38)51(2)63(4,59)60)47(58)50-42(28-35-13-7-5-8-14-35)43(54)33-53(32-36-15-11-18-41(27-36)61-3)45(56)20-12-19-44(55)48-21-22-52-23-25-62-26-24-52/h5-11,13-18,27,29-31,34,42-43,54H,12,19-26,28,32-33H2,1-4H3,(H,48,55)(H,49,57)(H,50,58)/t34-,42+,43-/m1/s1. The molecule has 0 aromatic heterocycles. The molecule has 1 aliphatic heterocycles. The van der Waals surface area contributed by atoms with Gasteiger partial charge < -0.3 is 35.4 Å². The van der Waals surface area contributed by atoms with Crippen molar-refractivity contribution in [3.63, 3.8) is 0 Å². The zero-order valence-corrected chi connectivity index (χ0v) is 37.3. The maximum absolute atomic E-state index is 14.3. The smallest absolute Gasteiger partial charge is 0.251 e. The van der Waals surface area contributed by atoms with Crippen molar-refractivity contribution in [2.24, 2.45) is 0 Å². The molecule has 4 aromatic carbocycles. The molecule has 338 valence electrons. The van der Waals surface area contributed by atoms with E-state index >= 15 is 0 Å². The molecule has 0 saturated carbocycles. The van der Waals surface area contributed by atoms with Gasteiger partial charge >= 0.3 is 0 Å². The monoisotopic (exact) mass is 884 g/mol. The maximum atomic E-state index is 14.3. The van der Waals surface area contributed by atoms with E-state index in [0.717, 1.165) is 40.3 Å². The lowest BCUT2D eigenvalue weighted by molar-refractivity contribution is -0.133.